The average Bonchev–Trinajstić information content (AvgIpc) is 2.77. The second-order valence-electron chi connectivity index (χ2n) is 9.50. The zero-order valence-electron chi connectivity index (χ0n) is 19.2. The quantitative estimate of drug-likeness (QED) is 0.193. The molecule has 0 saturated carbocycles. The standard InChI is InChI=1S/C22H34O12/c1-9-5-4-6-22(2,3)12(9)19(30)34-21-18(29)16(27)14(25)11(33-21)8-31-20-17(28)15(26)13(24)10(7-23)32-20/h4-5,10-11,13-18,20-21,23-29H,6-8H2,1-3H3/t10-,11-,13+,14+,15+,16+,17+,18+,20-,21+/m0/s1. The van der Waals surface area contributed by atoms with Gasteiger partial charge < -0.3 is 54.7 Å². The topological polar surface area (TPSA) is 196 Å². The summed E-state index contributed by atoms with van der Waals surface area (Å²) in [6.07, 6.45) is -11.4. The zero-order valence-corrected chi connectivity index (χ0v) is 19.2. The van der Waals surface area contributed by atoms with Crippen LogP contribution in [0.3, 0.4) is 0 Å². The van der Waals surface area contributed by atoms with Gasteiger partial charge in [-0.25, -0.2) is 4.79 Å². The summed E-state index contributed by atoms with van der Waals surface area (Å²) < 4.78 is 21.5. The van der Waals surface area contributed by atoms with Gasteiger partial charge in [-0.05, 0) is 18.9 Å². The van der Waals surface area contributed by atoms with Crippen molar-refractivity contribution in [3.05, 3.63) is 23.3 Å². The molecule has 7 N–H and O–H groups in total. The van der Waals surface area contributed by atoms with Crippen LogP contribution in [0.15, 0.2) is 23.3 Å². The fraction of sp³-hybridized carbons (Fsp3) is 0.773. The highest BCUT2D eigenvalue weighted by atomic mass is 16.7. The first-order valence-electron chi connectivity index (χ1n) is 11.1. The predicted molar refractivity (Wildman–Crippen MR) is 113 cm³/mol. The molecule has 194 valence electrons. The molecule has 0 bridgehead atoms. The number of rotatable bonds is 6. The Morgan fingerprint density at radius 1 is 0.941 bits per heavy atom. The first kappa shape index (κ1) is 27.1. The summed E-state index contributed by atoms with van der Waals surface area (Å²) >= 11 is 0. The van der Waals surface area contributed by atoms with Crippen LogP contribution >= 0.6 is 0 Å². The van der Waals surface area contributed by atoms with Crippen LogP contribution < -0.4 is 0 Å². The fourth-order valence-electron chi connectivity index (χ4n) is 4.40. The number of allylic oxidation sites excluding steroid dienone is 3. The molecule has 0 spiro atoms. The molecule has 10 atom stereocenters. The lowest BCUT2D eigenvalue weighted by molar-refractivity contribution is -0.326. The number of esters is 1. The van der Waals surface area contributed by atoms with E-state index in [1.165, 1.54) is 0 Å². The molecule has 0 aromatic heterocycles. The van der Waals surface area contributed by atoms with E-state index >= 15 is 0 Å². The Labute approximate surface area is 196 Å². The van der Waals surface area contributed by atoms with E-state index in [0.29, 0.717) is 17.6 Å². The molecule has 3 aliphatic rings. The van der Waals surface area contributed by atoms with Gasteiger partial charge in [0, 0.05) is 11.0 Å². The van der Waals surface area contributed by atoms with Gasteiger partial charge >= 0.3 is 5.97 Å². The van der Waals surface area contributed by atoms with Crippen molar-refractivity contribution in [2.24, 2.45) is 5.41 Å². The molecule has 3 rings (SSSR count). The van der Waals surface area contributed by atoms with Gasteiger partial charge in [0.15, 0.2) is 6.29 Å². The van der Waals surface area contributed by atoms with Crippen LogP contribution in [0.4, 0.5) is 0 Å². The van der Waals surface area contributed by atoms with Crippen molar-refractivity contribution < 1.29 is 59.5 Å². The summed E-state index contributed by atoms with van der Waals surface area (Å²) in [7, 11) is 0. The lowest BCUT2D eigenvalue weighted by atomic mass is 9.76. The Hall–Kier alpha value is -1.45. The van der Waals surface area contributed by atoms with Gasteiger partial charge in [-0.15, -0.1) is 0 Å². The van der Waals surface area contributed by atoms with E-state index in [1.54, 1.807) is 13.0 Å². The summed E-state index contributed by atoms with van der Waals surface area (Å²) in [5.74, 6) is -0.743. The first-order valence-corrected chi connectivity index (χ1v) is 11.1. The summed E-state index contributed by atoms with van der Waals surface area (Å²) in [5.41, 5.74) is 0.550. The summed E-state index contributed by atoms with van der Waals surface area (Å²) in [5, 5.41) is 70.0. The number of aliphatic hydroxyl groups excluding tert-OH is 7. The van der Waals surface area contributed by atoms with Gasteiger partial charge in [-0.1, -0.05) is 26.0 Å². The number of hydrogen-bond donors (Lipinski definition) is 7. The van der Waals surface area contributed by atoms with Gasteiger partial charge in [0.05, 0.1) is 13.2 Å². The van der Waals surface area contributed by atoms with Crippen LogP contribution in [-0.2, 0) is 23.7 Å². The molecule has 0 unspecified atom stereocenters. The summed E-state index contributed by atoms with van der Waals surface area (Å²) in [6, 6.07) is 0. The van der Waals surface area contributed by atoms with E-state index in [9.17, 15) is 40.5 Å². The number of ether oxygens (including phenoxy) is 4. The smallest absolute Gasteiger partial charge is 0.337 e. The minimum absolute atomic E-state index is 0.389. The molecule has 2 aliphatic heterocycles. The average molecular weight is 491 g/mol. The monoisotopic (exact) mass is 490 g/mol. The van der Waals surface area contributed by atoms with Crippen molar-refractivity contribution >= 4 is 5.97 Å². The van der Waals surface area contributed by atoms with Crippen LogP contribution in [0.1, 0.15) is 27.2 Å². The molecular weight excluding hydrogens is 456 g/mol. The zero-order chi connectivity index (χ0) is 25.4. The number of hydrogen-bond acceptors (Lipinski definition) is 12. The van der Waals surface area contributed by atoms with Crippen molar-refractivity contribution in [1.29, 1.82) is 0 Å². The van der Waals surface area contributed by atoms with Gasteiger partial charge in [-0.3, -0.25) is 0 Å². The van der Waals surface area contributed by atoms with Crippen molar-refractivity contribution in [3.63, 3.8) is 0 Å². The van der Waals surface area contributed by atoms with Crippen molar-refractivity contribution in [3.8, 4) is 0 Å². The van der Waals surface area contributed by atoms with E-state index in [2.05, 4.69) is 0 Å². The Bertz CT molecular complexity index is 793. The van der Waals surface area contributed by atoms with Gasteiger partial charge in [0.25, 0.3) is 0 Å². The minimum atomic E-state index is -1.75. The molecular formula is C22H34O12. The number of carbonyl (C=O) groups excluding carboxylic acids is 1. The molecule has 34 heavy (non-hydrogen) atoms. The van der Waals surface area contributed by atoms with Crippen LogP contribution in [0.25, 0.3) is 0 Å². The Balaban J connectivity index is 1.68. The predicted octanol–water partition coefficient (Wildman–Crippen LogP) is -2.54. The van der Waals surface area contributed by atoms with Crippen LogP contribution in [0, 0.1) is 5.41 Å². The van der Waals surface area contributed by atoms with Crippen LogP contribution in [-0.4, -0.2) is 116 Å². The number of aliphatic hydroxyl groups is 7. The molecule has 2 saturated heterocycles. The van der Waals surface area contributed by atoms with Crippen LogP contribution in [0.2, 0.25) is 0 Å². The highest BCUT2D eigenvalue weighted by Crippen LogP contribution is 2.38. The molecule has 0 aromatic carbocycles. The van der Waals surface area contributed by atoms with E-state index in [0.717, 1.165) is 0 Å². The van der Waals surface area contributed by atoms with Crippen molar-refractivity contribution in [1.82, 2.24) is 0 Å². The molecule has 0 aromatic rings. The molecule has 0 radical (unpaired) electrons. The van der Waals surface area contributed by atoms with E-state index in [-0.39, 0.29) is 0 Å². The Kier molecular flexibility index (Phi) is 8.51. The molecule has 12 heteroatoms. The summed E-state index contributed by atoms with van der Waals surface area (Å²) in [6.45, 7) is 4.31. The van der Waals surface area contributed by atoms with E-state index in [4.69, 9.17) is 18.9 Å². The third-order valence-corrected chi connectivity index (χ3v) is 6.44. The number of carbonyl (C=O) groups is 1. The molecule has 12 nitrogen and oxygen atoms in total. The molecule has 1 aliphatic carbocycles. The maximum Gasteiger partial charge on any atom is 0.337 e. The van der Waals surface area contributed by atoms with Gasteiger partial charge in [0.2, 0.25) is 6.29 Å². The summed E-state index contributed by atoms with van der Waals surface area (Å²) in [4.78, 5) is 12.9. The largest absolute Gasteiger partial charge is 0.429 e. The van der Waals surface area contributed by atoms with Crippen molar-refractivity contribution in [2.75, 3.05) is 13.2 Å². The highest BCUT2D eigenvalue weighted by Gasteiger charge is 2.48. The first-order chi connectivity index (χ1) is 15.9. The Morgan fingerprint density at radius 2 is 1.50 bits per heavy atom. The van der Waals surface area contributed by atoms with Crippen molar-refractivity contribution in [2.45, 2.75) is 88.6 Å². The normalized spacial score (nSPS) is 42.5. The van der Waals surface area contributed by atoms with E-state index in [1.807, 2.05) is 19.9 Å². The molecule has 0 amide bonds. The Morgan fingerprint density at radius 3 is 2.09 bits per heavy atom. The molecule has 2 heterocycles. The lowest BCUT2D eigenvalue weighted by Gasteiger charge is -2.42. The van der Waals surface area contributed by atoms with Crippen LogP contribution in [0.5, 0.6) is 0 Å². The lowest BCUT2D eigenvalue weighted by Crippen LogP contribution is -2.62. The maximum atomic E-state index is 12.9. The third kappa shape index (κ3) is 5.36. The maximum absolute atomic E-state index is 12.9. The third-order valence-electron chi connectivity index (χ3n) is 6.44. The SMILES string of the molecule is CC1=C(C(=O)O[C@H]2O[C@@H](CO[C@H]3O[C@@H](CO)[C@@H](O)[C@@H](O)[C@H]3O)[C@@H](O)[C@@H](O)[C@H]2O)C(C)(C)CC=C1. The fourth-order valence-corrected chi connectivity index (χ4v) is 4.40. The van der Waals surface area contributed by atoms with E-state index < -0.39 is 86.0 Å². The molecule has 2 fully saturated rings. The van der Waals surface area contributed by atoms with Gasteiger partial charge in [0.1, 0.15) is 48.8 Å². The minimum Gasteiger partial charge on any atom is -0.429 e. The highest BCUT2D eigenvalue weighted by molar-refractivity contribution is 5.91. The van der Waals surface area contributed by atoms with Gasteiger partial charge in [-0.2, -0.15) is 0 Å². The second kappa shape index (κ2) is 10.7. The second-order valence-corrected chi connectivity index (χ2v) is 9.50.